The van der Waals surface area contributed by atoms with Crippen molar-refractivity contribution in [2.24, 2.45) is 0 Å². The predicted molar refractivity (Wildman–Crippen MR) is 100 cm³/mol. The minimum atomic E-state index is 0.271. The highest BCUT2D eigenvalue weighted by Crippen LogP contribution is 2.39. The molecule has 0 radical (unpaired) electrons. The summed E-state index contributed by atoms with van der Waals surface area (Å²) < 4.78 is 11.4. The fourth-order valence-corrected chi connectivity index (χ4v) is 4.17. The summed E-state index contributed by atoms with van der Waals surface area (Å²) >= 11 is 1.84. The molecule has 0 spiro atoms. The van der Waals surface area contributed by atoms with E-state index in [0.717, 1.165) is 36.8 Å². The minimum absolute atomic E-state index is 0.271. The molecular formula is C20H21N3O2S. The molecule has 2 aromatic heterocycles. The fraction of sp³-hybridized carbons (Fsp3) is 0.400. The SMILES string of the molecule is Cc1ccsc1CN1CC(Oc2ccc(-c3noc(C4CC4)n3)cc2)C1. The minimum Gasteiger partial charge on any atom is -0.488 e. The summed E-state index contributed by atoms with van der Waals surface area (Å²) in [7, 11) is 0. The van der Waals surface area contributed by atoms with Gasteiger partial charge >= 0.3 is 0 Å². The Morgan fingerprint density at radius 3 is 2.69 bits per heavy atom. The molecule has 26 heavy (non-hydrogen) atoms. The molecule has 0 unspecified atom stereocenters. The van der Waals surface area contributed by atoms with Crippen LogP contribution in [0.4, 0.5) is 0 Å². The molecule has 0 amide bonds. The van der Waals surface area contributed by atoms with E-state index in [-0.39, 0.29) is 6.10 Å². The van der Waals surface area contributed by atoms with Crippen molar-refractivity contribution < 1.29 is 9.26 Å². The molecule has 1 saturated carbocycles. The van der Waals surface area contributed by atoms with Crippen LogP contribution in [0.2, 0.25) is 0 Å². The second kappa shape index (κ2) is 6.52. The van der Waals surface area contributed by atoms with Crippen molar-refractivity contribution in [1.29, 1.82) is 0 Å². The number of hydrogen-bond donors (Lipinski definition) is 0. The third kappa shape index (κ3) is 3.27. The highest BCUT2D eigenvalue weighted by Gasteiger charge is 2.30. The van der Waals surface area contributed by atoms with Gasteiger partial charge in [0, 0.05) is 36.0 Å². The second-order valence-electron chi connectivity index (χ2n) is 7.22. The van der Waals surface area contributed by atoms with Gasteiger partial charge in [0.1, 0.15) is 11.9 Å². The Morgan fingerprint density at radius 1 is 1.19 bits per heavy atom. The van der Waals surface area contributed by atoms with Crippen LogP contribution >= 0.6 is 11.3 Å². The number of aromatic nitrogens is 2. The van der Waals surface area contributed by atoms with Crippen molar-refractivity contribution in [2.75, 3.05) is 13.1 Å². The van der Waals surface area contributed by atoms with Crippen LogP contribution in [0.5, 0.6) is 5.75 Å². The number of thiophene rings is 1. The number of nitrogens with zero attached hydrogens (tertiary/aromatic N) is 3. The molecular weight excluding hydrogens is 346 g/mol. The topological polar surface area (TPSA) is 51.4 Å². The fourth-order valence-electron chi connectivity index (χ4n) is 3.22. The molecule has 5 nitrogen and oxygen atoms in total. The maximum Gasteiger partial charge on any atom is 0.230 e. The summed E-state index contributed by atoms with van der Waals surface area (Å²) in [6.07, 6.45) is 2.60. The molecule has 2 fully saturated rings. The van der Waals surface area contributed by atoms with Gasteiger partial charge in [0.05, 0.1) is 0 Å². The van der Waals surface area contributed by atoms with Gasteiger partial charge in [0.2, 0.25) is 11.7 Å². The number of aryl methyl sites for hydroxylation is 1. The maximum absolute atomic E-state index is 6.07. The van der Waals surface area contributed by atoms with Crippen LogP contribution in [0, 0.1) is 6.92 Å². The first-order chi connectivity index (χ1) is 12.7. The third-order valence-electron chi connectivity index (χ3n) is 5.04. The Balaban J connectivity index is 1.15. The number of hydrogen-bond acceptors (Lipinski definition) is 6. The molecule has 1 aromatic carbocycles. The first-order valence-corrected chi connectivity index (χ1v) is 9.98. The van der Waals surface area contributed by atoms with Crippen molar-refractivity contribution >= 4 is 11.3 Å². The molecule has 6 heteroatoms. The van der Waals surface area contributed by atoms with Crippen LogP contribution < -0.4 is 4.74 Å². The van der Waals surface area contributed by atoms with Crippen LogP contribution in [0.3, 0.4) is 0 Å². The molecule has 0 bridgehead atoms. The summed E-state index contributed by atoms with van der Waals surface area (Å²) in [4.78, 5) is 8.37. The van der Waals surface area contributed by atoms with Gasteiger partial charge < -0.3 is 9.26 Å². The average molecular weight is 367 g/mol. The predicted octanol–water partition coefficient (Wildman–Crippen LogP) is 4.25. The van der Waals surface area contributed by atoms with E-state index in [1.54, 1.807) is 0 Å². The van der Waals surface area contributed by atoms with Gasteiger partial charge in [-0.15, -0.1) is 11.3 Å². The number of benzene rings is 1. The lowest BCUT2D eigenvalue weighted by Crippen LogP contribution is -2.53. The molecule has 134 valence electrons. The largest absolute Gasteiger partial charge is 0.488 e. The third-order valence-corrected chi connectivity index (χ3v) is 6.05. The Labute approximate surface area is 156 Å². The van der Waals surface area contributed by atoms with Gasteiger partial charge in [-0.2, -0.15) is 4.98 Å². The lowest BCUT2D eigenvalue weighted by Gasteiger charge is -2.38. The van der Waals surface area contributed by atoms with E-state index < -0.39 is 0 Å². The summed E-state index contributed by atoms with van der Waals surface area (Å²) in [6.45, 7) is 5.17. The molecule has 0 N–H and O–H groups in total. The van der Waals surface area contributed by atoms with Crippen molar-refractivity contribution in [1.82, 2.24) is 15.0 Å². The average Bonchev–Trinajstić information content (AvgIpc) is 3.21. The number of likely N-dealkylation sites (tertiary alicyclic amines) is 1. The first-order valence-electron chi connectivity index (χ1n) is 9.10. The summed E-state index contributed by atoms with van der Waals surface area (Å²) in [5, 5.41) is 6.25. The Bertz CT molecular complexity index is 892. The molecule has 3 aromatic rings. The Hall–Kier alpha value is -2.18. The van der Waals surface area contributed by atoms with Gasteiger partial charge in [-0.05, 0) is 61.0 Å². The van der Waals surface area contributed by atoms with Crippen LogP contribution in [0.1, 0.15) is 35.1 Å². The zero-order valence-corrected chi connectivity index (χ0v) is 15.5. The summed E-state index contributed by atoms with van der Waals surface area (Å²) in [5.41, 5.74) is 2.36. The van der Waals surface area contributed by atoms with Crippen molar-refractivity contribution in [3.63, 3.8) is 0 Å². The van der Waals surface area contributed by atoms with E-state index in [4.69, 9.17) is 9.26 Å². The molecule has 2 aliphatic rings. The van der Waals surface area contributed by atoms with Crippen molar-refractivity contribution in [3.8, 4) is 17.1 Å². The van der Waals surface area contributed by atoms with E-state index in [1.807, 2.05) is 35.6 Å². The zero-order valence-electron chi connectivity index (χ0n) is 14.7. The lowest BCUT2D eigenvalue weighted by atomic mass is 10.1. The first kappa shape index (κ1) is 16.0. The smallest absolute Gasteiger partial charge is 0.230 e. The van der Waals surface area contributed by atoms with Gasteiger partial charge in [-0.1, -0.05) is 5.16 Å². The van der Waals surface area contributed by atoms with Crippen molar-refractivity contribution in [3.05, 3.63) is 52.0 Å². The van der Waals surface area contributed by atoms with E-state index in [9.17, 15) is 0 Å². The molecule has 1 aliphatic carbocycles. The standard InChI is InChI=1S/C20H21N3O2S/c1-13-8-9-26-18(13)12-23-10-17(11-23)24-16-6-4-14(5-7-16)19-21-20(25-22-19)15-2-3-15/h4-9,15,17H,2-3,10-12H2,1H3. The number of rotatable bonds is 6. The molecule has 1 aliphatic heterocycles. The van der Waals surface area contributed by atoms with E-state index in [2.05, 4.69) is 33.4 Å². The normalized spacial score (nSPS) is 18.0. The monoisotopic (exact) mass is 367 g/mol. The van der Waals surface area contributed by atoms with E-state index in [0.29, 0.717) is 11.7 Å². The molecule has 0 atom stereocenters. The van der Waals surface area contributed by atoms with Gasteiger partial charge in [0.15, 0.2) is 0 Å². The summed E-state index contributed by atoms with van der Waals surface area (Å²) in [6, 6.07) is 10.2. The second-order valence-corrected chi connectivity index (χ2v) is 8.22. The van der Waals surface area contributed by atoms with Crippen LogP contribution in [-0.2, 0) is 6.54 Å². The molecule has 1 saturated heterocycles. The van der Waals surface area contributed by atoms with Crippen LogP contribution in [0.25, 0.3) is 11.4 Å². The lowest BCUT2D eigenvalue weighted by molar-refractivity contribution is 0.0151. The maximum atomic E-state index is 6.07. The highest BCUT2D eigenvalue weighted by atomic mass is 32.1. The highest BCUT2D eigenvalue weighted by molar-refractivity contribution is 7.10. The number of ether oxygens (including phenoxy) is 1. The summed E-state index contributed by atoms with van der Waals surface area (Å²) in [5.74, 6) is 2.82. The van der Waals surface area contributed by atoms with E-state index in [1.165, 1.54) is 23.3 Å². The van der Waals surface area contributed by atoms with Gasteiger partial charge in [0.25, 0.3) is 0 Å². The van der Waals surface area contributed by atoms with Crippen LogP contribution in [0.15, 0.2) is 40.2 Å². The Morgan fingerprint density at radius 2 is 2.00 bits per heavy atom. The molecule has 5 rings (SSSR count). The van der Waals surface area contributed by atoms with Gasteiger partial charge in [-0.3, -0.25) is 4.90 Å². The Kier molecular flexibility index (Phi) is 4.02. The quantitative estimate of drug-likeness (QED) is 0.652. The van der Waals surface area contributed by atoms with Gasteiger partial charge in [-0.25, -0.2) is 0 Å². The zero-order chi connectivity index (χ0) is 17.5. The molecule has 3 heterocycles. The van der Waals surface area contributed by atoms with Crippen molar-refractivity contribution in [2.45, 2.75) is 38.3 Å². The van der Waals surface area contributed by atoms with E-state index >= 15 is 0 Å². The van der Waals surface area contributed by atoms with Crippen LogP contribution in [-0.4, -0.2) is 34.2 Å².